The molecule has 9 rings (SSSR count). The van der Waals surface area contributed by atoms with E-state index in [1.807, 2.05) is 120 Å². The molecule has 3 aliphatic rings. The van der Waals surface area contributed by atoms with Crippen LogP contribution in [-0.4, -0.2) is 99.0 Å². The van der Waals surface area contributed by atoms with E-state index in [-0.39, 0.29) is 29.9 Å². The summed E-state index contributed by atoms with van der Waals surface area (Å²) >= 11 is 0. The van der Waals surface area contributed by atoms with Crippen LogP contribution >= 0.6 is 0 Å². The highest BCUT2D eigenvalue weighted by molar-refractivity contribution is 5.87. The van der Waals surface area contributed by atoms with Crippen molar-refractivity contribution in [3.05, 3.63) is 155 Å². The number of rotatable bonds is 10. The van der Waals surface area contributed by atoms with Crippen LogP contribution in [-0.2, 0) is 19.1 Å². The van der Waals surface area contributed by atoms with Crippen LogP contribution in [0.1, 0.15) is 83.8 Å². The molecular formula is C50H50N8O5. The number of hydrogen-bond acceptors (Lipinski definition) is 8. The fourth-order valence-corrected chi connectivity index (χ4v) is 8.96. The molecule has 0 spiro atoms. The Kier molecular flexibility index (Phi) is 12.4. The molecule has 0 bridgehead atoms. The summed E-state index contributed by atoms with van der Waals surface area (Å²) in [6, 6.07) is 33.7. The minimum absolute atomic E-state index is 0.114. The number of alkyl carbamates (subject to hydrolysis) is 1. The molecule has 0 aliphatic carbocycles. The number of likely N-dealkylation sites (tertiary alicyclic amines) is 2. The van der Waals surface area contributed by atoms with Crippen LogP contribution in [0.2, 0.25) is 0 Å². The van der Waals surface area contributed by atoms with E-state index >= 15 is 0 Å². The number of morpholine rings is 1. The van der Waals surface area contributed by atoms with E-state index < -0.39 is 12.1 Å². The van der Waals surface area contributed by atoms with Crippen LogP contribution in [0.3, 0.4) is 0 Å². The summed E-state index contributed by atoms with van der Waals surface area (Å²) in [7, 11) is 1.28. The van der Waals surface area contributed by atoms with E-state index in [4.69, 9.17) is 19.4 Å². The van der Waals surface area contributed by atoms with Gasteiger partial charge in [0, 0.05) is 37.3 Å². The molecule has 2 aromatic heterocycles. The smallest absolute Gasteiger partial charge is 0.407 e. The summed E-state index contributed by atoms with van der Waals surface area (Å²) in [5, 5.41) is 2.71. The zero-order chi connectivity index (χ0) is 43.1. The van der Waals surface area contributed by atoms with E-state index in [1.165, 1.54) is 7.11 Å². The number of amides is 3. The van der Waals surface area contributed by atoms with E-state index in [0.29, 0.717) is 37.7 Å². The van der Waals surface area contributed by atoms with Crippen LogP contribution in [0.5, 0.6) is 0 Å². The molecule has 4 atom stereocenters. The predicted molar refractivity (Wildman–Crippen MR) is 238 cm³/mol. The van der Waals surface area contributed by atoms with Crippen molar-refractivity contribution < 1.29 is 23.9 Å². The van der Waals surface area contributed by atoms with Crippen LogP contribution in [0.15, 0.2) is 122 Å². The number of aromatic amines is 2. The molecule has 3 saturated heterocycles. The molecule has 0 radical (unpaired) electrons. The molecule has 3 amide bonds. The highest BCUT2D eigenvalue weighted by Gasteiger charge is 2.40. The lowest BCUT2D eigenvalue weighted by Crippen LogP contribution is -2.47. The molecule has 0 saturated carbocycles. The minimum atomic E-state index is -0.877. The van der Waals surface area contributed by atoms with Gasteiger partial charge < -0.3 is 34.6 Å². The normalized spacial score (nSPS) is 18.6. The van der Waals surface area contributed by atoms with Gasteiger partial charge in [0.1, 0.15) is 23.7 Å². The number of carbonyl (C=O) groups excluding carboxylic acids is 3. The first kappa shape index (κ1) is 41.3. The Morgan fingerprint density at radius 3 is 1.67 bits per heavy atom. The van der Waals surface area contributed by atoms with Crippen LogP contribution < -0.4 is 5.32 Å². The number of nitrogens with zero attached hydrogens (tertiary/aromatic N) is 5. The van der Waals surface area contributed by atoms with Crippen molar-refractivity contribution in [1.29, 1.82) is 0 Å². The Labute approximate surface area is 366 Å². The Balaban J connectivity index is 0.835. The van der Waals surface area contributed by atoms with Gasteiger partial charge in [0.2, 0.25) is 5.91 Å². The molecule has 3 N–H and O–H groups in total. The first-order chi connectivity index (χ1) is 30.9. The second kappa shape index (κ2) is 18.9. The van der Waals surface area contributed by atoms with Crippen molar-refractivity contribution >= 4 is 17.9 Å². The molecule has 6 aromatic rings. The number of benzene rings is 4. The first-order valence-electron chi connectivity index (χ1n) is 21.6. The van der Waals surface area contributed by atoms with Gasteiger partial charge in [0.25, 0.3) is 5.91 Å². The average Bonchev–Trinajstić information content (AvgIpc) is 4.19. The van der Waals surface area contributed by atoms with Gasteiger partial charge >= 0.3 is 6.09 Å². The lowest BCUT2D eigenvalue weighted by molar-refractivity contribution is -0.140. The summed E-state index contributed by atoms with van der Waals surface area (Å²) in [6.07, 6.45) is 6.34. The minimum Gasteiger partial charge on any atom is -0.453 e. The van der Waals surface area contributed by atoms with Gasteiger partial charge in [-0.2, -0.15) is 0 Å². The van der Waals surface area contributed by atoms with E-state index in [1.54, 1.807) is 11.1 Å². The summed E-state index contributed by atoms with van der Waals surface area (Å²) in [4.78, 5) is 62.9. The molecule has 5 heterocycles. The number of methoxy groups -OCH3 is 1. The Morgan fingerprint density at radius 2 is 1.16 bits per heavy atom. The average molecular weight is 843 g/mol. The largest absolute Gasteiger partial charge is 0.453 e. The molecule has 13 heteroatoms. The van der Waals surface area contributed by atoms with Crippen molar-refractivity contribution in [2.75, 3.05) is 46.5 Å². The van der Waals surface area contributed by atoms with Gasteiger partial charge in [0.15, 0.2) is 0 Å². The van der Waals surface area contributed by atoms with Gasteiger partial charge in [-0.25, -0.2) is 14.8 Å². The second-order valence-electron chi connectivity index (χ2n) is 16.1. The fraction of sp³-hybridized carbons (Fsp3) is 0.300. The second-order valence-corrected chi connectivity index (χ2v) is 16.1. The number of H-pyrrole nitrogens is 2. The molecule has 13 nitrogen and oxygen atoms in total. The highest BCUT2D eigenvalue weighted by atomic mass is 16.5. The van der Waals surface area contributed by atoms with Crippen LogP contribution in [0, 0.1) is 11.8 Å². The molecule has 320 valence electrons. The number of aromatic nitrogens is 4. The van der Waals surface area contributed by atoms with Gasteiger partial charge in [-0.1, -0.05) is 96.8 Å². The molecule has 4 aromatic carbocycles. The quantitative estimate of drug-likeness (QED) is 0.121. The molecule has 63 heavy (non-hydrogen) atoms. The molecule has 3 aliphatic heterocycles. The number of carbonyl (C=O) groups is 3. The third-order valence-corrected chi connectivity index (χ3v) is 12.2. The number of nitrogens with one attached hydrogen (secondary N) is 3. The third-order valence-electron chi connectivity index (χ3n) is 12.2. The fourth-order valence-electron chi connectivity index (χ4n) is 8.96. The molecular weight excluding hydrogens is 793 g/mol. The van der Waals surface area contributed by atoms with E-state index in [9.17, 15) is 14.4 Å². The number of hydrogen-bond donors (Lipinski definition) is 3. The number of imidazole rings is 2. The Hall–Kier alpha value is -7.01. The van der Waals surface area contributed by atoms with E-state index in [2.05, 4.69) is 32.0 Å². The van der Waals surface area contributed by atoms with Crippen LogP contribution in [0.4, 0.5) is 4.79 Å². The van der Waals surface area contributed by atoms with Crippen molar-refractivity contribution in [1.82, 2.24) is 40.0 Å². The lowest BCUT2D eigenvalue weighted by Gasteiger charge is -2.37. The summed E-state index contributed by atoms with van der Waals surface area (Å²) in [5.41, 5.74) is 7.13. The monoisotopic (exact) mass is 842 g/mol. The maximum Gasteiger partial charge on any atom is 0.407 e. The third kappa shape index (κ3) is 9.14. The van der Waals surface area contributed by atoms with Crippen LogP contribution in [0.25, 0.3) is 22.5 Å². The van der Waals surface area contributed by atoms with Crippen molar-refractivity contribution in [3.63, 3.8) is 0 Å². The summed E-state index contributed by atoms with van der Waals surface area (Å²) in [6.45, 7) is 3.95. The topological polar surface area (TPSA) is 149 Å². The standard InChI is InChI=1S/C50H50N8O5/c1-62-50(61)55-44(38-10-4-2-5-11-38)48(59)57-26-8-14-42(57)46-51-32-40(53-46)36-22-18-34(19-23-36)16-17-35-20-24-37(25-21-35)41-33-52-47(54-41)43-15-9-27-58(43)49(60)45(39-12-6-3-7-13-39)56-28-30-63-31-29-56/h2-7,10-13,18-25,32-33,42-45H,8-9,14-15,26-31H2,1H3,(H,51,53)(H,52,54)(H,55,61)/t42-,43-,44+,45+/m0/s1. The Morgan fingerprint density at radius 1 is 0.667 bits per heavy atom. The number of ether oxygens (including phenoxy) is 2. The van der Waals surface area contributed by atoms with Crippen molar-refractivity contribution in [2.24, 2.45) is 0 Å². The zero-order valence-electron chi connectivity index (χ0n) is 35.2. The SMILES string of the molecule is COC(=O)N[C@@H](C(=O)N1CCC[C@H]1c1ncc(-c2ccc(C#Cc3ccc(-c4cnc([C@@H]5CCCN5C(=O)[C@@H](c5ccccc5)N5CCOCC5)[nH]4)cc3)cc2)[nH]1)c1ccccc1. The molecule has 3 fully saturated rings. The van der Waals surface area contributed by atoms with Crippen molar-refractivity contribution in [2.45, 2.75) is 49.9 Å². The van der Waals surface area contributed by atoms with Gasteiger partial charge in [-0.05, 0) is 72.2 Å². The van der Waals surface area contributed by atoms with E-state index in [0.717, 1.165) is 83.8 Å². The summed E-state index contributed by atoms with van der Waals surface area (Å²) < 4.78 is 10.4. The summed E-state index contributed by atoms with van der Waals surface area (Å²) in [5.74, 6) is 7.98. The lowest BCUT2D eigenvalue weighted by atomic mass is 10.0. The maximum absolute atomic E-state index is 14.3. The predicted octanol–water partition coefficient (Wildman–Crippen LogP) is 7.36. The maximum atomic E-state index is 14.3. The highest BCUT2D eigenvalue weighted by Crippen LogP contribution is 2.37. The molecule has 0 unspecified atom stereocenters. The van der Waals surface area contributed by atoms with Gasteiger partial charge in [0.05, 0.1) is 56.2 Å². The van der Waals surface area contributed by atoms with Gasteiger partial charge in [-0.3, -0.25) is 14.5 Å². The zero-order valence-corrected chi connectivity index (χ0v) is 35.2. The van der Waals surface area contributed by atoms with Crippen molar-refractivity contribution in [3.8, 4) is 34.4 Å². The Bertz CT molecular complexity index is 2580. The first-order valence-corrected chi connectivity index (χ1v) is 21.6. The van der Waals surface area contributed by atoms with Gasteiger partial charge in [-0.15, -0.1) is 0 Å².